The average Bonchev–Trinajstić information content (AvgIpc) is 3.20. The monoisotopic (exact) mass is 374 g/mol. The van der Waals surface area contributed by atoms with Gasteiger partial charge in [-0.3, -0.25) is 9.89 Å². The van der Waals surface area contributed by atoms with Crippen LogP contribution >= 0.6 is 11.3 Å². The Morgan fingerprint density at radius 2 is 2.15 bits per heavy atom. The summed E-state index contributed by atoms with van der Waals surface area (Å²) in [6, 6.07) is 1.99. The Morgan fingerprint density at radius 1 is 1.38 bits per heavy atom. The van der Waals surface area contributed by atoms with Crippen molar-refractivity contribution >= 4 is 17.2 Å². The van der Waals surface area contributed by atoms with E-state index in [2.05, 4.69) is 26.9 Å². The molecule has 1 spiro atoms. The van der Waals surface area contributed by atoms with Crippen LogP contribution in [0.15, 0.2) is 6.07 Å². The molecule has 4 heterocycles. The van der Waals surface area contributed by atoms with Crippen LogP contribution < -0.4 is 10.6 Å². The third-order valence-electron chi connectivity index (χ3n) is 5.57. The number of thiophene rings is 1. The number of amides is 1. The maximum Gasteiger partial charge on any atom is 0.261 e. The van der Waals surface area contributed by atoms with E-state index in [-0.39, 0.29) is 17.6 Å². The number of fused-ring (bicyclic) bond motifs is 2. The molecule has 0 saturated carbocycles. The van der Waals surface area contributed by atoms with Gasteiger partial charge in [-0.25, -0.2) is 0 Å². The summed E-state index contributed by atoms with van der Waals surface area (Å²) in [5.74, 6) is -0.0130. The largest absolute Gasteiger partial charge is 0.369 e. The number of piperidine rings is 1. The number of aromatic amines is 1. The number of nitrogens with zero attached hydrogens (tertiary/aromatic N) is 1. The highest BCUT2D eigenvalue weighted by Gasteiger charge is 2.41. The van der Waals surface area contributed by atoms with Crippen LogP contribution in [0.1, 0.15) is 62.9 Å². The fourth-order valence-corrected chi connectivity index (χ4v) is 5.59. The smallest absolute Gasteiger partial charge is 0.261 e. The Balaban J connectivity index is 1.56. The first kappa shape index (κ1) is 17.7. The van der Waals surface area contributed by atoms with E-state index in [1.807, 2.05) is 20.8 Å². The van der Waals surface area contributed by atoms with Crippen LogP contribution in [0.3, 0.4) is 0 Å². The number of aromatic nitrogens is 2. The van der Waals surface area contributed by atoms with Crippen molar-refractivity contribution in [3.05, 3.63) is 38.3 Å². The number of nitrogens with one attached hydrogen (secondary N) is 3. The molecule has 1 unspecified atom stereocenters. The van der Waals surface area contributed by atoms with Gasteiger partial charge in [0.15, 0.2) is 0 Å². The van der Waals surface area contributed by atoms with E-state index in [4.69, 9.17) is 4.74 Å². The third-order valence-corrected chi connectivity index (χ3v) is 6.93. The molecule has 0 aliphatic carbocycles. The second-order valence-electron chi connectivity index (χ2n) is 7.35. The first-order valence-electron chi connectivity index (χ1n) is 9.30. The lowest BCUT2D eigenvalue weighted by molar-refractivity contribution is -0.0771. The molecule has 2 aliphatic rings. The van der Waals surface area contributed by atoms with Gasteiger partial charge in [0.1, 0.15) is 5.60 Å². The summed E-state index contributed by atoms with van der Waals surface area (Å²) in [6.45, 7) is 8.63. The van der Waals surface area contributed by atoms with E-state index in [1.54, 1.807) is 11.3 Å². The van der Waals surface area contributed by atoms with Crippen LogP contribution in [-0.4, -0.2) is 35.8 Å². The molecule has 26 heavy (non-hydrogen) atoms. The highest BCUT2D eigenvalue weighted by atomic mass is 32.1. The number of H-pyrrole nitrogens is 1. The summed E-state index contributed by atoms with van der Waals surface area (Å²) in [5, 5.41) is 13.8. The molecule has 0 bridgehead atoms. The highest BCUT2D eigenvalue weighted by molar-refractivity contribution is 7.14. The molecule has 3 N–H and O–H groups in total. The molecule has 7 heteroatoms. The lowest BCUT2D eigenvalue weighted by Crippen LogP contribution is -2.43. The van der Waals surface area contributed by atoms with Gasteiger partial charge in [-0.2, -0.15) is 5.10 Å². The van der Waals surface area contributed by atoms with Crippen molar-refractivity contribution in [1.82, 2.24) is 20.8 Å². The molecule has 1 saturated heterocycles. The summed E-state index contributed by atoms with van der Waals surface area (Å²) in [6.07, 6.45) is 2.85. The van der Waals surface area contributed by atoms with E-state index in [9.17, 15) is 4.79 Å². The van der Waals surface area contributed by atoms with Crippen LogP contribution in [-0.2, 0) is 16.8 Å². The molecular formula is C19H26N4O2S. The van der Waals surface area contributed by atoms with E-state index in [1.165, 1.54) is 10.4 Å². The van der Waals surface area contributed by atoms with E-state index < -0.39 is 0 Å². The number of carbonyl (C=O) groups is 1. The molecule has 2 aliphatic heterocycles. The van der Waals surface area contributed by atoms with Crippen LogP contribution in [0.4, 0.5) is 0 Å². The Kier molecular flexibility index (Phi) is 4.62. The van der Waals surface area contributed by atoms with Crippen LogP contribution in [0.25, 0.3) is 0 Å². The van der Waals surface area contributed by atoms with Gasteiger partial charge in [-0.15, -0.1) is 11.3 Å². The Labute approximate surface area is 157 Å². The Morgan fingerprint density at radius 3 is 2.85 bits per heavy atom. The molecule has 1 amide bonds. The first-order valence-corrected chi connectivity index (χ1v) is 10.1. The van der Waals surface area contributed by atoms with Crippen molar-refractivity contribution in [2.24, 2.45) is 0 Å². The number of hydrogen-bond donors (Lipinski definition) is 3. The Hall–Kier alpha value is -1.70. The molecule has 0 radical (unpaired) electrons. The summed E-state index contributed by atoms with van der Waals surface area (Å²) >= 11 is 1.61. The lowest BCUT2D eigenvalue weighted by Gasteiger charge is -2.40. The highest BCUT2D eigenvalue weighted by Crippen LogP contribution is 2.44. The Bertz CT molecular complexity index is 800. The number of ether oxygens (including phenoxy) is 1. The SMILES string of the molecule is Cc1n[nH]c(C)c1C(C)NC(=O)c1cc2c(s1)C1(CCNCC1)OCC2. The van der Waals surface area contributed by atoms with E-state index >= 15 is 0 Å². The molecular weight excluding hydrogens is 348 g/mol. The van der Waals surface area contributed by atoms with Crippen LogP contribution in [0, 0.1) is 13.8 Å². The molecule has 0 aromatic carbocycles. The fourth-order valence-electron chi connectivity index (χ4n) is 4.27. The van der Waals surface area contributed by atoms with Crippen LogP contribution in [0.5, 0.6) is 0 Å². The van der Waals surface area contributed by atoms with Gasteiger partial charge in [-0.05, 0) is 64.8 Å². The zero-order valence-corrected chi connectivity index (χ0v) is 16.4. The van der Waals surface area contributed by atoms with Crippen molar-refractivity contribution < 1.29 is 9.53 Å². The van der Waals surface area contributed by atoms with Gasteiger partial charge < -0.3 is 15.4 Å². The number of aryl methyl sites for hydroxylation is 2. The quantitative estimate of drug-likeness (QED) is 0.772. The predicted octanol–water partition coefficient (Wildman–Crippen LogP) is 2.73. The summed E-state index contributed by atoms with van der Waals surface area (Å²) < 4.78 is 6.22. The topological polar surface area (TPSA) is 79.0 Å². The van der Waals surface area contributed by atoms with Crippen molar-refractivity contribution in [2.75, 3.05) is 19.7 Å². The van der Waals surface area contributed by atoms with Gasteiger partial charge in [0.25, 0.3) is 5.91 Å². The van der Waals surface area contributed by atoms with Crippen molar-refractivity contribution in [3.8, 4) is 0 Å². The number of carbonyl (C=O) groups excluding carboxylic acids is 1. The second-order valence-corrected chi connectivity index (χ2v) is 8.40. The lowest BCUT2D eigenvalue weighted by atomic mass is 9.86. The van der Waals surface area contributed by atoms with Crippen molar-refractivity contribution in [3.63, 3.8) is 0 Å². The molecule has 2 aromatic rings. The van der Waals surface area contributed by atoms with Crippen molar-refractivity contribution in [1.29, 1.82) is 0 Å². The van der Waals surface area contributed by atoms with E-state index in [0.29, 0.717) is 0 Å². The third kappa shape index (κ3) is 2.98. The zero-order chi connectivity index (χ0) is 18.3. The minimum absolute atomic E-state index is 0.0130. The molecule has 6 nitrogen and oxygen atoms in total. The van der Waals surface area contributed by atoms with E-state index in [0.717, 1.165) is 60.8 Å². The maximum atomic E-state index is 12.9. The first-order chi connectivity index (χ1) is 12.5. The van der Waals surface area contributed by atoms with Gasteiger partial charge in [0.05, 0.1) is 23.2 Å². The van der Waals surface area contributed by atoms with Gasteiger partial charge in [0.2, 0.25) is 0 Å². The van der Waals surface area contributed by atoms with Gasteiger partial charge in [-0.1, -0.05) is 0 Å². The molecule has 1 atom stereocenters. The summed E-state index contributed by atoms with van der Waals surface area (Å²) in [5.41, 5.74) is 4.10. The number of rotatable bonds is 3. The van der Waals surface area contributed by atoms with Gasteiger partial charge >= 0.3 is 0 Å². The standard InChI is InChI=1S/C19H26N4O2S/c1-11(16-12(2)22-23-13(16)3)21-18(24)15-10-14-4-9-25-19(17(14)26-15)5-7-20-8-6-19/h10-11,20H,4-9H2,1-3H3,(H,21,24)(H,22,23). The van der Waals surface area contributed by atoms with Gasteiger partial charge in [0, 0.05) is 16.1 Å². The zero-order valence-electron chi connectivity index (χ0n) is 15.6. The second kappa shape index (κ2) is 6.79. The molecule has 1 fully saturated rings. The minimum atomic E-state index is -0.189. The molecule has 140 valence electrons. The minimum Gasteiger partial charge on any atom is -0.369 e. The average molecular weight is 375 g/mol. The predicted molar refractivity (Wildman–Crippen MR) is 102 cm³/mol. The fraction of sp³-hybridized carbons (Fsp3) is 0.579. The molecule has 4 rings (SSSR count). The van der Waals surface area contributed by atoms with Crippen molar-refractivity contribution in [2.45, 2.75) is 51.7 Å². The number of hydrogen-bond acceptors (Lipinski definition) is 5. The maximum absolute atomic E-state index is 12.9. The normalized spacial score (nSPS) is 20.0. The summed E-state index contributed by atoms with van der Waals surface area (Å²) in [4.78, 5) is 14.9. The summed E-state index contributed by atoms with van der Waals surface area (Å²) in [7, 11) is 0. The molecule has 2 aromatic heterocycles. The van der Waals surface area contributed by atoms with Crippen LogP contribution in [0.2, 0.25) is 0 Å².